The molecule has 0 aliphatic rings. The summed E-state index contributed by atoms with van der Waals surface area (Å²) in [6, 6.07) is 5.88. The second-order valence-electron chi connectivity index (χ2n) is 4.80. The number of urea groups is 1. The molecule has 0 saturated heterocycles. The molecule has 0 radical (unpaired) electrons. The van der Waals surface area contributed by atoms with Crippen molar-refractivity contribution in [1.29, 1.82) is 0 Å². The first-order valence-electron chi connectivity index (χ1n) is 6.85. The van der Waals surface area contributed by atoms with Crippen LogP contribution in [0, 0.1) is 13.8 Å². The monoisotopic (exact) mass is 280 g/mol. The molecular formula is C15H24N2O3. The van der Waals surface area contributed by atoms with Gasteiger partial charge in [-0.2, -0.15) is 0 Å². The lowest BCUT2D eigenvalue weighted by atomic mass is 10.1. The van der Waals surface area contributed by atoms with Crippen LogP contribution in [0.1, 0.15) is 17.5 Å². The molecule has 0 bridgehead atoms. The molecule has 5 nitrogen and oxygen atoms in total. The van der Waals surface area contributed by atoms with Crippen LogP contribution in [0.15, 0.2) is 18.2 Å². The Morgan fingerprint density at radius 3 is 2.60 bits per heavy atom. The number of amides is 2. The van der Waals surface area contributed by atoms with Crippen LogP contribution in [0.5, 0.6) is 5.75 Å². The highest BCUT2D eigenvalue weighted by atomic mass is 16.5. The summed E-state index contributed by atoms with van der Waals surface area (Å²) < 4.78 is 5.75. The van der Waals surface area contributed by atoms with Crippen LogP contribution in [0.4, 0.5) is 4.79 Å². The summed E-state index contributed by atoms with van der Waals surface area (Å²) in [4.78, 5) is 13.0. The van der Waals surface area contributed by atoms with Crippen LogP contribution in [-0.4, -0.2) is 49.4 Å². The molecule has 20 heavy (non-hydrogen) atoms. The summed E-state index contributed by atoms with van der Waals surface area (Å²) in [6.45, 7) is 5.47. The lowest BCUT2D eigenvalue weighted by Crippen LogP contribution is -2.39. The van der Waals surface area contributed by atoms with Crippen molar-refractivity contribution in [2.24, 2.45) is 0 Å². The second kappa shape index (κ2) is 8.43. The van der Waals surface area contributed by atoms with Gasteiger partial charge in [-0.05, 0) is 31.4 Å². The van der Waals surface area contributed by atoms with Crippen molar-refractivity contribution in [3.8, 4) is 5.75 Å². The summed E-state index contributed by atoms with van der Waals surface area (Å²) in [5.41, 5.74) is 2.24. The number of carbonyl (C=O) groups is 1. The first kappa shape index (κ1) is 16.3. The van der Waals surface area contributed by atoms with E-state index in [4.69, 9.17) is 9.84 Å². The topological polar surface area (TPSA) is 61.8 Å². The van der Waals surface area contributed by atoms with E-state index in [1.54, 1.807) is 7.05 Å². The van der Waals surface area contributed by atoms with Gasteiger partial charge in [0.05, 0.1) is 13.2 Å². The number of nitrogens with zero attached hydrogens (tertiary/aromatic N) is 1. The molecule has 0 spiro atoms. The van der Waals surface area contributed by atoms with E-state index < -0.39 is 0 Å². The molecule has 0 fully saturated rings. The van der Waals surface area contributed by atoms with Gasteiger partial charge in [0.1, 0.15) is 5.75 Å². The Bertz CT molecular complexity index is 415. The molecule has 5 heteroatoms. The van der Waals surface area contributed by atoms with Crippen molar-refractivity contribution in [2.75, 3.05) is 33.4 Å². The Kier molecular flexibility index (Phi) is 6.87. The zero-order valence-corrected chi connectivity index (χ0v) is 12.5. The summed E-state index contributed by atoms with van der Waals surface area (Å²) >= 11 is 0. The van der Waals surface area contributed by atoms with E-state index in [9.17, 15) is 4.79 Å². The molecule has 0 heterocycles. The van der Waals surface area contributed by atoms with Gasteiger partial charge < -0.3 is 20.1 Å². The largest absolute Gasteiger partial charge is 0.493 e. The van der Waals surface area contributed by atoms with Crippen molar-refractivity contribution >= 4 is 6.03 Å². The Morgan fingerprint density at radius 2 is 2.00 bits per heavy atom. The maximum absolute atomic E-state index is 11.5. The maximum Gasteiger partial charge on any atom is 0.317 e. The standard InChI is InChI=1S/C15H24N2O3/c1-12-6-4-7-13(2)14(12)20-11-5-8-16-15(19)17(3)9-10-18/h4,6-7,18H,5,8-11H2,1-3H3,(H,16,19). The number of para-hydroxylation sites is 1. The van der Waals surface area contributed by atoms with E-state index in [1.165, 1.54) is 4.90 Å². The quantitative estimate of drug-likeness (QED) is 0.747. The fourth-order valence-electron chi connectivity index (χ4n) is 1.86. The van der Waals surface area contributed by atoms with Crippen molar-refractivity contribution in [2.45, 2.75) is 20.3 Å². The molecule has 0 atom stereocenters. The van der Waals surface area contributed by atoms with Crippen LogP contribution >= 0.6 is 0 Å². The van der Waals surface area contributed by atoms with Crippen LogP contribution < -0.4 is 10.1 Å². The maximum atomic E-state index is 11.5. The van der Waals surface area contributed by atoms with Crippen LogP contribution in [0.3, 0.4) is 0 Å². The van der Waals surface area contributed by atoms with Gasteiger partial charge in [0.15, 0.2) is 0 Å². The highest BCUT2D eigenvalue weighted by Gasteiger charge is 2.06. The molecule has 0 unspecified atom stereocenters. The Labute approximate surface area is 120 Å². The third-order valence-electron chi connectivity index (χ3n) is 3.03. The zero-order chi connectivity index (χ0) is 15.0. The number of rotatable bonds is 7. The van der Waals surface area contributed by atoms with Crippen molar-refractivity contribution < 1.29 is 14.6 Å². The Balaban J connectivity index is 2.24. The van der Waals surface area contributed by atoms with Crippen molar-refractivity contribution in [3.63, 3.8) is 0 Å². The van der Waals surface area contributed by atoms with Gasteiger partial charge in [-0.3, -0.25) is 0 Å². The molecule has 0 aliphatic carbocycles. The molecule has 112 valence electrons. The van der Waals surface area contributed by atoms with Gasteiger partial charge in [-0.15, -0.1) is 0 Å². The highest BCUT2D eigenvalue weighted by molar-refractivity contribution is 5.73. The Hall–Kier alpha value is -1.75. The van der Waals surface area contributed by atoms with Crippen LogP contribution in [-0.2, 0) is 0 Å². The number of aliphatic hydroxyl groups is 1. The molecule has 1 aromatic carbocycles. The van der Waals surface area contributed by atoms with Crippen molar-refractivity contribution in [1.82, 2.24) is 10.2 Å². The normalized spacial score (nSPS) is 10.2. The molecule has 1 rings (SSSR count). The summed E-state index contributed by atoms with van der Waals surface area (Å²) in [5, 5.41) is 11.5. The van der Waals surface area contributed by atoms with E-state index in [0.29, 0.717) is 19.7 Å². The van der Waals surface area contributed by atoms with E-state index in [0.717, 1.165) is 23.3 Å². The number of ether oxygens (including phenoxy) is 1. The third kappa shape index (κ3) is 5.09. The van der Waals surface area contributed by atoms with Crippen LogP contribution in [0.25, 0.3) is 0 Å². The average Bonchev–Trinajstić information content (AvgIpc) is 2.41. The molecule has 0 saturated carbocycles. The first-order valence-corrected chi connectivity index (χ1v) is 6.85. The number of benzene rings is 1. The van der Waals surface area contributed by atoms with Gasteiger partial charge in [-0.25, -0.2) is 4.79 Å². The first-order chi connectivity index (χ1) is 9.56. The van der Waals surface area contributed by atoms with E-state index in [2.05, 4.69) is 5.32 Å². The van der Waals surface area contributed by atoms with E-state index in [-0.39, 0.29) is 12.6 Å². The molecule has 1 aromatic rings. The number of carbonyl (C=O) groups excluding carboxylic acids is 1. The number of nitrogens with one attached hydrogen (secondary N) is 1. The van der Waals surface area contributed by atoms with Crippen molar-refractivity contribution in [3.05, 3.63) is 29.3 Å². The second-order valence-corrected chi connectivity index (χ2v) is 4.80. The Morgan fingerprint density at radius 1 is 1.35 bits per heavy atom. The minimum atomic E-state index is -0.175. The predicted molar refractivity (Wildman–Crippen MR) is 79.1 cm³/mol. The average molecular weight is 280 g/mol. The fourth-order valence-corrected chi connectivity index (χ4v) is 1.86. The summed E-state index contributed by atoms with van der Waals surface area (Å²) in [7, 11) is 1.65. The van der Waals surface area contributed by atoms with Gasteiger partial charge in [0.25, 0.3) is 0 Å². The summed E-state index contributed by atoms with van der Waals surface area (Å²) in [5.74, 6) is 0.927. The molecule has 0 aromatic heterocycles. The number of hydrogen-bond donors (Lipinski definition) is 2. The summed E-state index contributed by atoms with van der Waals surface area (Å²) in [6.07, 6.45) is 0.743. The molecule has 2 N–H and O–H groups in total. The third-order valence-corrected chi connectivity index (χ3v) is 3.03. The number of likely N-dealkylation sites (N-methyl/N-ethyl adjacent to an activating group) is 1. The van der Waals surface area contributed by atoms with E-state index >= 15 is 0 Å². The van der Waals surface area contributed by atoms with Crippen LogP contribution in [0.2, 0.25) is 0 Å². The molecular weight excluding hydrogens is 256 g/mol. The van der Waals surface area contributed by atoms with Gasteiger partial charge in [0, 0.05) is 20.1 Å². The SMILES string of the molecule is Cc1cccc(C)c1OCCCNC(=O)N(C)CCO. The smallest absolute Gasteiger partial charge is 0.317 e. The lowest BCUT2D eigenvalue weighted by molar-refractivity contribution is 0.189. The minimum absolute atomic E-state index is 0.0282. The van der Waals surface area contributed by atoms with Gasteiger partial charge >= 0.3 is 6.03 Å². The lowest BCUT2D eigenvalue weighted by Gasteiger charge is -2.16. The predicted octanol–water partition coefficient (Wildman–Crippen LogP) is 1.71. The minimum Gasteiger partial charge on any atom is -0.493 e. The van der Waals surface area contributed by atoms with Gasteiger partial charge in [-0.1, -0.05) is 18.2 Å². The van der Waals surface area contributed by atoms with E-state index in [1.807, 2.05) is 32.0 Å². The fraction of sp³-hybridized carbons (Fsp3) is 0.533. The van der Waals surface area contributed by atoms with Gasteiger partial charge in [0.2, 0.25) is 0 Å². The highest BCUT2D eigenvalue weighted by Crippen LogP contribution is 2.22. The molecule has 2 amide bonds. The number of aryl methyl sites for hydroxylation is 2. The molecule has 0 aliphatic heterocycles. The number of hydrogen-bond acceptors (Lipinski definition) is 3. The zero-order valence-electron chi connectivity index (χ0n) is 12.5. The number of aliphatic hydroxyl groups excluding tert-OH is 1.